The fraction of sp³-hybridized carbons (Fsp3) is 0.462. The summed E-state index contributed by atoms with van der Waals surface area (Å²) in [6.07, 6.45) is 1.07. The molecule has 0 heterocycles. The molecule has 3 N–H and O–H groups in total. The van der Waals surface area contributed by atoms with Gasteiger partial charge in [-0.2, -0.15) is 0 Å². The molecule has 1 aromatic carbocycles. The lowest BCUT2D eigenvalue weighted by molar-refractivity contribution is -0.119. The number of carbonyl (C=O) groups is 1. The van der Waals surface area contributed by atoms with Gasteiger partial charge in [0.1, 0.15) is 5.75 Å². The highest BCUT2D eigenvalue weighted by molar-refractivity contribution is 9.10. The van der Waals surface area contributed by atoms with E-state index in [0.29, 0.717) is 5.75 Å². The van der Waals surface area contributed by atoms with Crippen LogP contribution in [0.3, 0.4) is 0 Å². The molecule has 0 saturated carbocycles. The van der Waals surface area contributed by atoms with Crippen LogP contribution in [0.15, 0.2) is 22.7 Å². The van der Waals surface area contributed by atoms with Crippen LogP contribution in [0.4, 0.5) is 0 Å². The third-order valence-electron chi connectivity index (χ3n) is 2.51. The molecule has 100 valence electrons. The Morgan fingerprint density at radius 1 is 1.56 bits per heavy atom. The van der Waals surface area contributed by atoms with Crippen LogP contribution in [-0.2, 0) is 4.79 Å². The normalized spacial score (nSPS) is 12.2. The summed E-state index contributed by atoms with van der Waals surface area (Å²) >= 11 is 3.39. The predicted octanol–water partition coefficient (Wildman–Crippen LogP) is 2.37. The molecule has 18 heavy (non-hydrogen) atoms. The number of nitrogens with one attached hydrogen (secondary N) is 1. The maximum Gasteiger partial charge on any atom is 0.255 e. The predicted molar refractivity (Wildman–Crippen MR) is 75.5 cm³/mol. The zero-order valence-corrected chi connectivity index (χ0v) is 12.3. The van der Waals surface area contributed by atoms with E-state index in [1.807, 2.05) is 18.2 Å². The van der Waals surface area contributed by atoms with Crippen molar-refractivity contribution in [2.24, 2.45) is 5.73 Å². The second-order valence-corrected chi connectivity index (χ2v) is 5.03. The van der Waals surface area contributed by atoms with Crippen LogP contribution >= 0.6 is 15.9 Å². The summed E-state index contributed by atoms with van der Waals surface area (Å²) in [6, 6.07) is 5.95. The zero-order chi connectivity index (χ0) is 13.5. The molecule has 1 atom stereocenters. The van der Waals surface area contributed by atoms with E-state index >= 15 is 0 Å². The molecule has 0 aliphatic rings. The molecule has 0 spiro atoms. The van der Waals surface area contributed by atoms with E-state index < -0.39 is 5.91 Å². The second kappa shape index (κ2) is 7.38. The van der Waals surface area contributed by atoms with Crippen molar-refractivity contribution < 1.29 is 9.53 Å². The number of halogens is 1. The number of nitrogens with two attached hydrogens (primary N) is 1. The van der Waals surface area contributed by atoms with Gasteiger partial charge >= 0.3 is 0 Å². The van der Waals surface area contributed by atoms with Gasteiger partial charge in [-0.15, -0.1) is 0 Å². The summed E-state index contributed by atoms with van der Waals surface area (Å²) in [4.78, 5) is 10.8. The minimum absolute atomic E-state index is 0.107. The SMILES string of the molecule is CCCNC(C)c1ccc(Br)cc1OCC(N)=O. The zero-order valence-electron chi connectivity index (χ0n) is 10.7. The van der Waals surface area contributed by atoms with Crippen LogP contribution in [0.25, 0.3) is 0 Å². The maximum atomic E-state index is 10.8. The Bertz CT molecular complexity index is 410. The molecule has 0 aliphatic carbocycles. The molecular weight excluding hydrogens is 296 g/mol. The Morgan fingerprint density at radius 3 is 2.89 bits per heavy atom. The first-order valence-electron chi connectivity index (χ1n) is 5.98. The molecule has 1 aromatic rings. The van der Waals surface area contributed by atoms with Crippen LogP contribution in [0.2, 0.25) is 0 Å². The van der Waals surface area contributed by atoms with Gasteiger partial charge in [-0.1, -0.05) is 28.9 Å². The Hall–Kier alpha value is -1.07. The van der Waals surface area contributed by atoms with E-state index in [2.05, 4.69) is 35.1 Å². The van der Waals surface area contributed by atoms with E-state index in [-0.39, 0.29) is 12.6 Å². The van der Waals surface area contributed by atoms with Gasteiger partial charge in [0.25, 0.3) is 5.91 Å². The molecule has 0 bridgehead atoms. The van der Waals surface area contributed by atoms with E-state index in [1.165, 1.54) is 0 Å². The summed E-state index contributed by atoms with van der Waals surface area (Å²) in [7, 11) is 0. The Labute approximate surface area is 116 Å². The van der Waals surface area contributed by atoms with Crippen molar-refractivity contribution in [1.29, 1.82) is 0 Å². The number of benzene rings is 1. The minimum atomic E-state index is -0.477. The van der Waals surface area contributed by atoms with E-state index in [0.717, 1.165) is 23.0 Å². The van der Waals surface area contributed by atoms with Gasteiger partial charge in [0, 0.05) is 16.1 Å². The molecule has 1 amide bonds. The summed E-state index contributed by atoms with van der Waals surface area (Å²) in [5.41, 5.74) is 6.11. The lowest BCUT2D eigenvalue weighted by Gasteiger charge is -2.18. The highest BCUT2D eigenvalue weighted by Gasteiger charge is 2.12. The average molecular weight is 315 g/mol. The first-order chi connectivity index (χ1) is 8.54. The highest BCUT2D eigenvalue weighted by Crippen LogP contribution is 2.28. The van der Waals surface area contributed by atoms with Crippen LogP contribution < -0.4 is 15.8 Å². The number of hydrogen-bond donors (Lipinski definition) is 2. The molecule has 0 saturated heterocycles. The van der Waals surface area contributed by atoms with Gasteiger partial charge in [0.2, 0.25) is 0 Å². The largest absolute Gasteiger partial charge is 0.483 e. The minimum Gasteiger partial charge on any atom is -0.483 e. The van der Waals surface area contributed by atoms with Crippen LogP contribution in [0.5, 0.6) is 5.75 Å². The first-order valence-corrected chi connectivity index (χ1v) is 6.77. The monoisotopic (exact) mass is 314 g/mol. The lowest BCUT2D eigenvalue weighted by Crippen LogP contribution is -2.23. The molecule has 0 radical (unpaired) electrons. The Kier molecular flexibility index (Phi) is 6.15. The van der Waals surface area contributed by atoms with E-state index in [1.54, 1.807) is 0 Å². The van der Waals surface area contributed by atoms with Gasteiger partial charge in [-0.3, -0.25) is 4.79 Å². The molecule has 4 nitrogen and oxygen atoms in total. The van der Waals surface area contributed by atoms with Crippen LogP contribution in [-0.4, -0.2) is 19.1 Å². The van der Waals surface area contributed by atoms with E-state index in [4.69, 9.17) is 10.5 Å². The first kappa shape index (κ1) is 15.0. The smallest absolute Gasteiger partial charge is 0.255 e. The number of ether oxygens (including phenoxy) is 1. The molecule has 1 rings (SSSR count). The Balaban J connectivity index is 2.84. The Morgan fingerprint density at radius 2 is 2.28 bits per heavy atom. The number of hydrogen-bond acceptors (Lipinski definition) is 3. The van der Waals surface area contributed by atoms with Gasteiger partial charge in [-0.25, -0.2) is 0 Å². The van der Waals surface area contributed by atoms with Gasteiger partial charge in [0.15, 0.2) is 6.61 Å². The molecule has 0 aliphatic heterocycles. The number of carbonyl (C=O) groups excluding carboxylic acids is 1. The molecule has 5 heteroatoms. The van der Waals surface area contributed by atoms with Crippen molar-refractivity contribution >= 4 is 21.8 Å². The lowest BCUT2D eigenvalue weighted by atomic mass is 10.1. The summed E-state index contributed by atoms with van der Waals surface area (Å²) in [6.45, 7) is 5.01. The number of amides is 1. The summed E-state index contributed by atoms with van der Waals surface area (Å²) in [5.74, 6) is 0.203. The average Bonchev–Trinajstić information content (AvgIpc) is 2.33. The summed E-state index contributed by atoms with van der Waals surface area (Å²) in [5, 5.41) is 3.38. The van der Waals surface area contributed by atoms with Crippen molar-refractivity contribution in [3.05, 3.63) is 28.2 Å². The van der Waals surface area contributed by atoms with Crippen LogP contribution in [0, 0.1) is 0 Å². The number of rotatable bonds is 7. The maximum absolute atomic E-state index is 10.8. The van der Waals surface area contributed by atoms with Crippen molar-refractivity contribution in [2.45, 2.75) is 26.3 Å². The second-order valence-electron chi connectivity index (χ2n) is 4.11. The van der Waals surface area contributed by atoms with Gasteiger partial charge in [-0.05, 0) is 32.0 Å². The molecule has 1 unspecified atom stereocenters. The van der Waals surface area contributed by atoms with Crippen molar-refractivity contribution in [1.82, 2.24) is 5.32 Å². The molecular formula is C13H19BrN2O2. The number of primary amides is 1. The fourth-order valence-corrected chi connectivity index (χ4v) is 1.95. The van der Waals surface area contributed by atoms with Crippen molar-refractivity contribution in [2.75, 3.05) is 13.2 Å². The molecule has 0 fully saturated rings. The van der Waals surface area contributed by atoms with Crippen molar-refractivity contribution in [3.63, 3.8) is 0 Å². The van der Waals surface area contributed by atoms with E-state index in [9.17, 15) is 4.79 Å². The fourth-order valence-electron chi connectivity index (χ4n) is 1.61. The summed E-state index contributed by atoms with van der Waals surface area (Å²) < 4.78 is 6.35. The quantitative estimate of drug-likeness (QED) is 0.812. The highest BCUT2D eigenvalue weighted by atomic mass is 79.9. The standard InChI is InChI=1S/C13H19BrN2O2/c1-3-6-16-9(2)11-5-4-10(14)7-12(11)18-8-13(15)17/h4-5,7,9,16H,3,6,8H2,1-2H3,(H2,15,17). The third-order valence-corrected chi connectivity index (χ3v) is 3.01. The van der Waals surface area contributed by atoms with Crippen LogP contribution in [0.1, 0.15) is 31.9 Å². The van der Waals surface area contributed by atoms with Gasteiger partial charge < -0.3 is 15.8 Å². The molecule has 0 aromatic heterocycles. The third kappa shape index (κ3) is 4.66. The topological polar surface area (TPSA) is 64.3 Å². The van der Waals surface area contributed by atoms with Crippen molar-refractivity contribution in [3.8, 4) is 5.75 Å². The van der Waals surface area contributed by atoms with Gasteiger partial charge in [0.05, 0.1) is 0 Å².